The third-order valence-electron chi connectivity index (χ3n) is 6.65. The minimum atomic E-state index is -1.04. The Morgan fingerprint density at radius 2 is 1.91 bits per heavy atom. The van der Waals surface area contributed by atoms with Crippen molar-refractivity contribution in [2.24, 2.45) is 0 Å². The lowest BCUT2D eigenvalue weighted by atomic mass is 9.89. The van der Waals surface area contributed by atoms with Crippen LogP contribution in [0.1, 0.15) is 56.1 Å². The number of nitrogens with two attached hydrogens (primary N) is 1. The van der Waals surface area contributed by atoms with Crippen molar-refractivity contribution < 1.29 is 23.7 Å². The van der Waals surface area contributed by atoms with Crippen LogP contribution < -0.4 is 11.4 Å². The van der Waals surface area contributed by atoms with E-state index in [1.807, 2.05) is 19.9 Å². The van der Waals surface area contributed by atoms with Crippen molar-refractivity contribution in [1.29, 1.82) is 0 Å². The minimum absolute atomic E-state index is 0.0614. The Morgan fingerprint density at radius 3 is 2.59 bits per heavy atom. The van der Waals surface area contributed by atoms with Crippen LogP contribution in [-0.2, 0) is 18.9 Å². The van der Waals surface area contributed by atoms with E-state index < -0.39 is 41.0 Å². The molecular formula is C23H27N3O6. The van der Waals surface area contributed by atoms with E-state index in [0.717, 1.165) is 25.7 Å². The van der Waals surface area contributed by atoms with Gasteiger partial charge < -0.3 is 24.7 Å². The Morgan fingerprint density at radius 1 is 1.19 bits per heavy atom. The minimum Gasteiger partial charge on any atom is -0.459 e. The zero-order valence-corrected chi connectivity index (χ0v) is 18.2. The van der Waals surface area contributed by atoms with Gasteiger partial charge in [-0.2, -0.15) is 4.98 Å². The molecule has 5 rings (SSSR count). The summed E-state index contributed by atoms with van der Waals surface area (Å²) in [6.07, 6.45) is 3.68. The molecule has 3 aliphatic rings. The number of ether oxygens (including phenoxy) is 4. The monoisotopic (exact) mass is 441 g/mol. The predicted octanol–water partition coefficient (Wildman–Crippen LogP) is 2.41. The van der Waals surface area contributed by atoms with E-state index in [2.05, 4.69) is 4.98 Å². The van der Waals surface area contributed by atoms with Gasteiger partial charge in [0.25, 0.3) is 0 Å². The fourth-order valence-electron chi connectivity index (χ4n) is 5.20. The normalized spacial score (nSPS) is 32.8. The molecule has 0 bridgehead atoms. The Hall–Kier alpha value is -2.75. The fraction of sp³-hybridized carbons (Fsp3) is 0.522. The van der Waals surface area contributed by atoms with E-state index in [-0.39, 0.29) is 12.4 Å². The number of nitrogens with zero attached hydrogens (tertiary/aromatic N) is 2. The molecule has 9 nitrogen and oxygen atoms in total. The first-order valence-corrected chi connectivity index (χ1v) is 10.9. The first-order valence-electron chi connectivity index (χ1n) is 10.9. The highest BCUT2D eigenvalue weighted by molar-refractivity contribution is 5.89. The van der Waals surface area contributed by atoms with E-state index in [9.17, 15) is 9.59 Å². The number of aromatic nitrogens is 2. The Balaban J connectivity index is 1.47. The Bertz CT molecular complexity index is 1080. The molecule has 32 heavy (non-hydrogen) atoms. The molecule has 1 aromatic carbocycles. The predicted molar refractivity (Wildman–Crippen MR) is 114 cm³/mol. The van der Waals surface area contributed by atoms with Crippen LogP contribution in [0, 0.1) is 0 Å². The number of hydrogen-bond acceptors (Lipinski definition) is 8. The van der Waals surface area contributed by atoms with Crippen LogP contribution in [-0.4, -0.2) is 45.2 Å². The number of carbonyl (C=O) groups excluding carboxylic acids is 1. The van der Waals surface area contributed by atoms with Crippen LogP contribution in [0.2, 0.25) is 0 Å². The summed E-state index contributed by atoms with van der Waals surface area (Å²) in [6.45, 7) is 3.64. The van der Waals surface area contributed by atoms with Crippen molar-refractivity contribution in [2.75, 3.05) is 12.3 Å². The van der Waals surface area contributed by atoms with E-state index >= 15 is 0 Å². The quantitative estimate of drug-likeness (QED) is 0.720. The SMILES string of the molecule is CC1(COC(=O)c2ccccc2)OC(n2ccc(N)nc2=O)C2(C)OC3(CCCC3)OC12. The largest absolute Gasteiger partial charge is 0.459 e. The lowest BCUT2D eigenvalue weighted by Crippen LogP contribution is -2.48. The van der Waals surface area contributed by atoms with Crippen molar-refractivity contribution in [3.8, 4) is 0 Å². The van der Waals surface area contributed by atoms with E-state index in [0.29, 0.717) is 5.56 Å². The number of benzene rings is 1. The second-order valence-electron chi connectivity index (χ2n) is 9.17. The molecule has 2 aliphatic heterocycles. The highest BCUT2D eigenvalue weighted by Gasteiger charge is 2.71. The van der Waals surface area contributed by atoms with Gasteiger partial charge in [-0.15, -0.1) is 0 Å². The van der Waals surface area contributed by atoms with Crippen molar-refractivity contribution in [3.63, 3.8) is 0 Å². The molecule has 0 amide bonds. The molecule has 1 aliphatic carbocycles. The summed E-state index contributed by atoms with van der Waals surface area (Å²) in [5, 5.41) is 0. The second kappa shape index (κ2) is 7.40. The van der Waals surface area contributed by atoms with Crippen LogP contribution in [0.4, 0.5) is 5.82 Å². The molecule has 1 saturated carbocycles. The number of nitrogen functional groups attached to an aromatic ring is 1. The third kappa shape index (κ3) is 3.32. The van der Waals surface area contributed by atoms with Crippen LogP contribution >= 0.6 is 0 Å². The molecule has 0 radical (unpaired) electrons. The van der Waals surface area contributed by atoms with E-state index in [4.69, 9.17) is 24.7 Å². The van der Waals surface area contributed by atoms with Crippen LogP contribution in [0.3, 0.4) is 0 Å². The molecule has 2 N–H and O–H groups in total. The van der Waals surface area contributed by atoms with E-state index in [1.165, 1.54) is 10.6 Å². The third-order valence-corrected chi connectivity index (χ3v) is 6.65. The van der Waals surface area contributed by atoms with E-state index in [1.54, 1.807) is 30.5 Å². The number of rotatable bonds is 4. The van der Waals surface area contributed by atoms with Gasteiger partial charge in [-0.05, 0) is 44.9 Å². The highest BCUT2D eigenvalue weighted by atomic mass is 16.8. The molecule has 2 saturated heterocycles. The lowest BCUT2D eigenvalue weighted by molar-refractivity contribution is -0.248. The van der Waals surface area contributed by atoms with Crippen molar-refractivity contribution in [2.45, 2.75) is 68.9 Å². The van der Waals surface area contributed by atoms with Crippen molar-refractivity contribution in [3.05, 3.63) is 58.6 Å². The van der Waals surface area contributed by atoms with Gasteiger partial charge in [0.1, 0.15) is 29.7 Å². The maximum Gasteiger partial charge on any atom is 0.351 e. The smallest absolute Gasteiger partial charge is 0.351 e. The molecule has 170 valence electrons. The van der Waals surface area contributed by atoms with Gasteiger partial charge in [-0.25, -0.2) is 9.59 Å². The van der Waals surface area contributed by atoms with Gasteiger partial charge in [0, 0.05) is 19.0 Å². The summed E-state index contributed by atoms with van der Waals surface area (Å²) in [5.74, 6) is -1.06. The fourth-order valence-corrected chi connectivity index (χ4v) is 5.20. The Labute approximate surface area is 185 Å². The first kappa shape index (κ1) is 21.1. The summed E-state index contributed by atoms with van der Waals surface area (Å²) in [4.78, 5) is 29.1. The molecular weight excluding hydrogens is 414 g/mol. The van der Waals surface area contributed by atoms with Gasteiger partial charge in [0.2, 0.25) is 0 Å². The zero-order chi connectivity index (χ0) is 22.6. The molecule has 2 aromatic rings. The zero-order valence-electron chi connectivity index (χ0n) is 18.2. The molecule has 1 spiro atoms. The molecule has 4 unspecified atom stereocenters. The summed E-state index contributed by atoms with van der Waals surface area (Å²) in [6, 6.07) is 10.3. The summed E-state index contributed by atoms with van der Waals surface area (Å²) in [5.41, 5.74) is 3.54. The van der Waals surface area contributed by atoms with Crippen LogP contribution in [0.25, 0.3) is 0 Å². The number of anilines is 1. The average Bonchev–Trinajstić information content (AvgIpc) is 3.41. The van der Waals surface area contributed by atoms with Gasteiger partial charge in [0.15, 0.2) is 12.0 Å². The summed E-state index contributed by atoms with van der Waals surface area (Å²) >= 11 is 0. The van der Waals surface area contributed by atoms with Gasteiger partial charge >= 0.3 is 11.7 Å². The van der Waals surface area contributed by atoms with Crippen molar-refractivity contribution >= 4 is 11.8 Å². The lowest BCUT2D eigenvalue weighted by Gasteiger charge is -2.33. The van der Waals surface area contributed by atoms with Crippen molar-refractivity contribution in [1.82, 2.24) is 9.55 Å². The number of hydrogen-bond donors (Lipinski definition) is 1. The summed E-state index contributed by atoms with van der Waals surface area (Å²) < 4.78 is 26.4. The van der Waals surface area contributed by atoms with Gasteiger partial charge in [-0.3, -0.25) is 4.57 Å². The van der Waals surface area contributed by atoms with Gasteiger partial charge in [-0.1, -0.05) is 18.2 Å². The van der Waals surface area contributed by atoms with Crippen LogP contribution in [0.5, 0.6) is 0 Å². The number of esters is 1. The molecule has 3 heterocycles. The topological polar surface area (TPSA) is 115 Å². The molecule has 1 aromatic heterocycles. The molecule has 4 atom stereocenters. The molecule has 9 heteroatoms. The maximum absolute atomic E-state index is 12.6. The summed E-state index contributed by atoms with van der Waals surface area (Å²) in [7, 11) is 0. The van der Waals surface area contributed by atoms with Crippen LogP contribution in [0.15, 0.2) is 47.4 Å². The first-order chi connectivity index (χ1) is 15.2. The maximum atomic E-state index is 12.6. The molecule has 3 fully saturated rings. The highest BCUT2D eigenvalue weighted by Crippen LogP contribution is 2.58. The standard InChI is InChI=1S/C23H27N3O6/c1-21(14-29-17(27)15-8-4-3-5-9-15)18-22(2,32-23(30-18)11-6-7-12-23)19(31-21)26-13-10-16(24)25-20(26)28/h3-5,8-10,13,18-19H,6-7,11-12,14H2,1-2H3,(H2,24,25,28). The second-order valence-corrected chi connectivity index (χ2v) is 9.17. The Kier molecular flexibility index (Phi) is 4.88. The average molecular weight is 441 g/mol. The number of fused-ring (bicyclic) bond motifs is 1. The van der Waals surface area contributed by atoms with Gasteiger partial charge in [0.05, 0.1) is 5.56 Å². The number of carbonyl (C=O) groups is 1.